The van der Waals surface area contributed by atoms with Crippen LogP contribution in [0.15, 0.2) is 24.4 Å². The van der Waals surface area contributed by atoms with Crippen molar-refractivity contribution in [1.29, 1.82) is 0 Å². The van der Waals surface area contributed by atoms with Crippen molar-refractivity contribution in [1.82, 2.24) is 9.78 Å². The molecule has 0 unspecified atom stereocenters. The Labute approximate surface area is 124 Å². The van der Waals surface area contributed by atoms with Crippen LogP contribution in [0.25, 0.3) is 11.1 Å². The number of aromatic nitrogens is 2. The minimum atomic E-state index is 0.549. The largest absolute Gasteiger partial charge is 0.265 e. The first-order valence-corrected chi connectivity index (χ1v) is 7.67. The van der Waals surface area contributed by atoms with Gasteiger partial charge in [-0.25, -0.2) is 0 Å². The fraction of sp³-hybridized carbons (Fsp3) is 0.308. The quantitative estimate of drug-likeness (QED) is 0.708. The number of rotatable bonds is 3. The molecule has 0 aliphatic heterocycles. The Hall–Kier alpha value is -0.510. The lowest BCUT2D eigenvalue weighted by atomic mass is 10.1. The predicted octanol–water partition coefficient (Wildman–Crippen LogP) is 5.09. The SMILES string of the molecule is Clc1cccc(Cl)c1-c1cnn(C2CC2)c1CBr. The van der Waals surface area contributed by atoms with Gasteiger partial charge in [0.2, 0.25) is 0 Å². The zero-order valence-electron chi connectivity index (χ0n) is 9.54. The molecule has 0 radical (unpaired) electrons. The van der Waals surface area contributed by atoms with E-state index in [1.807, 2.05) is 24.4 Å². The van der Waals surface area contributed by atoms with E-state index in [0.29, 0.717) is 16.1 Å². The maximum Gasteiger partial charge on any atom is 0.0572 e. The van der Waals surface area contributed by atoms with Crippen LogP contribution in [0, 0.1) is 0 Å². The number of halogens is 3. The van der Waals surface area contributed by atoms with Crippen LogP contribution < -0.4 is 0 Å². The molecule has 1 heterocycles. The molecule has 0 saturated heterocycles. The van der Waals surface area contributed by atoms with E-state index in [0.717, 1.165) is 22.2 Å². The van der Waals surface area contributed by atoms with Gasteiger partial charge in [0.15, 0.2) is 0 Å². The maximum atomic E-state index is 6.26. The van der Waals surface area contributed by atoms with Crippen LogP contribution in [0.2, 0.25) is 10.0 Å². The molecular formula is C13H11BrCl2N2. The second-order valence-electron chi connectivity index (χ2n) is 4.41. The van der Waals surface area contributed by atoms with E-state index < -0.39 is 0 Å². The molecule has 5 heteroatoms. The van der Waals surface area contributed by atoms with E-state index in [-0.39, 0.29) is 0 Å². The maximum absolute atomic E-state index is 6.26. The normalized spacial score (nSPS) is 15.1. The molecular weight excluding hydrogens is 335 g/mol. The van der Waals surface area contributed by atoms with Crippen molar-refractivity contribution in [3.63, 3.8) is 0 Å². The van der Waals surface area contributed by atoms with Crippen LogP contribution in [-0.4, -0.2) is 9.78 Å². The minimum Gasteiger partial charge on any atom is -0.265 e. The third-order valence-electron chi connectivity index (χ3n) is 3.15. The molecule has 0 amide bonds. The first-order valence-electron chi connectivity index (χ1n) is 5.79. The van der Waals surface area contributed by atoms with E-state index in [4.69, 9.17) is 23.2 Å². The highest BCUT2D eigenvalue weighted by atomic mass is 79.9. The fourth-order valence-electron chi connectivity index (χ4n) is 2.12. The molecule has 1 aliphatic rings. The number of nitrogens with zero attached hydrogens (tertiary/aromatic N) is 2. The van der Waals surface area contributed by atoms with Gasteiger partial charge < -0.3 is 0 Å². The van der Waals surface area contributed by atoms with Crippen molar-refractivity contribution in [2.24, 2.45) is 0 Å². The Bertz CT molecular complexity index is 570. The molecule has 0 N–H and O–H groups in total. The molecule has 2 nitrogen and oxygen atoms in total. The predicted molar refractivity (Wildman–Crippen MR) is 78.6 cm³/mol. The monoisotopic (exact) mass is 344 g/mol. The lowest BCUT2D eigenvalue weighted by molar-refractivity contribution is 0.621. The second-order valence-corrected chi connectivity index (χ2v) is 5.79. The summed E-state index contributed by atoms with van der Waals surface area (Å²) in [5.41, 5.74) is 3.05. The molecule has 0 atom stereocenters. The van der Waals surface area contributed by atoms with Gasteiger partial charge in [-0.1, -0.05) is 45.2 Å². The minimum absolute atomic E-state index is 0.549. The lowest BCUT2D eigenvalue weighted by Gasteiger charge is -2.08. The molecule has 94 valence electrons. The van der Waals surface area contributed by atoms with E-state index in [2.05, 4.69) is 25.7 Å². The number of hydrogen-bond acceptors (Lipinski definition) is 1. The molecule has 1 aliphatic carbocycles. The van der Waals surface area contributed by atoms with Crippen molar-refractivity contribution in [3.05, 3.63) is 40.1 Å². The fourth-order valence-corrected chi connectivity index (χ4v) is 3.28. The Balaban J connectivity index is 2.16. The smallest absolute Gasteiger partial charge is 0.0572 e. The van der Waals surface area contributed by atoms with Gasteiger partial charge in [0.1, 0.15) is 0 Å². The summed E-state index contributed by atoms with van der Waals surface area (Å²) in [4.78, 5) is 0. The van der Waals surface area contributed by atoms with Crippen LogP contribution in [-0.2, 0) is 5.33 Å². The number of hydrogen-bond donors (Lipinski definition) is 0. The van der Waals surface area contributed by atoms with E-state index >= 15 is 0 Å². The third kappa shape index (κ3) is 2.09. The van der Waals surface area contributed by atoms with Crippen molar-refractivity contribution >= 4 is 39.1 Å². The van der Waals surface area contributed by atoms with E-state index in [1.54, 1.807) is 0 Å². The van der Waals surface area contributed by atoms with Crippen molar-refractivity contribution in [3.8, 4) is 11.1 Å². The van der Waals surface area contributed by atoms with Crippen molar-refractivity contribution < 1.29 is 0 Å². The first-order chi connectivity index (χ1) is 8.72. The molecule has 1 aromatic carbocycles. The summed E-state index contributed by atoms with van der Waals surface area (Å²) in [7, 11) is 0. The van der Waals surface area contributed by atoms with Crippen LogP contribution in [0.1, 0.15) is 24.6 Å². The summed E-state index contributed by atoms with van der Waals surface area (Å²) in [6, 6.07) is 6.12. The van der Waals surface area contributed by atoms with Crippen LogP contribution in [0.3, 0.4) is 0 Å². The molecule has 1 saturated carbocycles. The summed E-state index contributed by atoms with van der Waals surface area (Å²) in [5, 5.41) is 6.56. The molecule has 1 fully saturated rings. The van der Waals surface area contributed by atoms with Gasteiger partial charge in [-0.05, 0) is 25.0 Å². The molecule has 0 bridgehead atoms. The first kappa shape index (κ1) is 12.5. The van der Waals surface area contributed by atoms with E-state index in [1.165, 1.54) is 12.8 Å². The third-order valence-corrected chi connectivity index (χ3v) is 4.31. The molecule has 0 spiro atoms. The Morgan fingerprint density at radius 2 is 1.94 bits per heavy atom. The average molecular weight is 346 g/mol. The highest BCUT2D eigenvalue weighted by molar-refractivity contribution is 9.08. The van der Waals surface area contributed by atoms with Gasteiger partial charge in [-0.15, -0.1) is 0 Å². The Morgan fingerprint density at radius 1 is 1.28 bits per heavy atom. The zero-order valence-corrected chi connectivity index (χ0v) is 12.6. The number of alkyl halides is 1. The topological polar surface area (TPSA) is 17.8 Å². The Kier molecular flexibility index (Phi) is 3.39. The zero-order chi connectivity index (χ0) is 12.7. The molecule has 18 heavy (non-hydrogen) atoms. The molecule has 3 rings (SSSR count). The summed E-state index contributed by atoms with van der Waals surface area (Å²) < 4.78 is 2.09. The highest BCUT2D eigenvalue weighted by Crippen LogP contribution is 2.41. The lowest BCUT2D eigenvalue weighted by Crippen LogP contribution is -2.01. The van der Waals surface area contributed by atoms with Crippen molar-refractivity contribution in [2.45, 2.75) is 24.2 Å². The van der Waals surface area contributed by atoms with Gasteiger partial charge in [0, 0.05) is 16.5 Å². The van der Waals surface area contributed by atoms with E-state index in [9.17, 15) is 0 Å². The average Bonchev–Trinajstić information content (AvgIpc) is 3.10. The van der Waals surface area contributed by atoms with Gasteiger partial charge in [0.25, 0.3) is 0 Å². The van der Waals surface area contributed by atoms with Crippen LogP contribution in [0.5, 0.6) is 0 Å². The van der Waals surface area contributed by atoms with Gasteiger partial charge in [-0.2, -0.15) is 5.10 Å². The molecule has 1 aromatic heterocycles. The van der Waals surface area contributed by atoms with Gasteiger partial charge in [0.05, 0.1) is 28.0 Å². The summed E-state index contributed by atoms with van der Waals surface area (Å²) in [6.45, 7) is 0. The van der Waals surface area contributed by atoms with Crippen LogP contribution >= 0.6 is 39.1 Å². The summed E-state index contributed by atoms with van der Waals surface area (Å²) in [5.74, 6) is 0. The summed E-state index contributed by atoms with van der Waals surface area (Å²) in [6.07, 6.45) is 4.27. The molecule has 2 aromatic rings. The second kappa shape index (κ2) is 4.87. The van der Waals surface area contributed by atoms with Gasteiger partial charge >= 0.3 is 0 Å². The Morgan fingerprint density at radius 3 is 2.50 bits per heavy atom. The van der Waals surface area contributed by atoms with Crippen LogP contribution in [0.4, 0.5) is 0 Å². The summed E-state index contributed by atoms with van der Waals surface area (Å²) >= 11 is 16.1. The highest BCUT2D eigenvalue weighted by Gasteiger charge is 2.28. The van der Waals surface area contributed by atoms with Gasteiger partial charge in [-0.3, -0.25) is 4.68 Å². The number of benzene rings is 1. The standard InChI is InChI=1S/C13H11BrCl2N2/c14-6-12-9(7-17-18(12)8-4-5-8)13-10(15)2-1-3-11(13)16/h1-3,7-8H,4-6H2. The van der Waals surface area contributed by atoms with Crippen molar-refractivity contribution in [2.75, 3.05) is 0 Å².